The summed E-state index contributed by atoms with van der Waals surface area (Å²) in [6.45, 7) is 5.62. The van der Waals surface area contributed by atoms with Crippen LogP contribution in [0.15, 0.2) is 41.3 Å². The van der Waals surface area contributed by atoms with Crippen molar-refractivity contribution in [2.45, 2.75) is 26.8 Å². The van der Waals surface area contributed by atoms with Crippen molar-refractivity contribution in [3.63, 3.8) is 0 Å². The van der Waals surface area contributed by atoms with E-state index in [9.17, 15) is 4.79 Å². The number of benzene rings is 1. The molecule has 1 atom stereocenters. The van der Waals surface area contributed by atoms with E-state index in [0.717, 1.165) is 16.9 Å². The van der Waals surface area contributed by atoms with Crippen LogP contribution in [-0.4, -0.2) is 29.2 Å². The Morgan fingerprint density at radius 1 is 1.07 bits per heavy atom. The third-order valence-corrected chi connectivity index (χ3v) is 4.70. The minimum absolute atomic E-state index is 0.0118. The van der Waals surface area contributed by atoms with Gasteiger partial charge in [-0.2, -0.15) is 0 Å². The summed E-state index contributed by atoms with van der Waals surface area (Å²) in [5.74, 6) is 2.61. The first-order valence-corrected chi connectivity index (χ1v) is 8.95. The Bertz CT molecular complexity index is 1030. The summed E-state index contributed by atoms with van der Waals surface area (Å²) in [6.07, 6.45) is 1.69. The van der Waals surface area contributed by atoms with Crippen LogP contribution in [0.25, 0.3) is 11.4 Å². The van der Waals surface area contributed by atoms with Crippen molar-refractivity contribution < 1.29 is 9.47 Å². The van der Waals surface area contributed by atoms with Crippen LogP contribution in [0, 0.1) is 13.8 Å². The Hall–Kier alpha value is -3.35. The highest BCUT2D eigenvalue weighted by molar-refractivity contribution is 5.56. The second kappa shape index (κ2) is 8.12. The second-order valence-electron chi connectivity index (χ2n) is 6.54. The lowest BCUT2D eigenvalue weighted by atomic mass is 10.1. The highest BCUT2D eigenvalue weighted by Gasteiger charge is 2.11. The maximum atomic E-state index is 12.0. The first kappa shape index (κ1) is 19.4. The number of hydrogen-bond donors (Lipinski definition) is 2. The lowest BCUT2D eigenvalue weighted by Gasteiger charge is -2.17. The van der Waals surface area contributed by atoms with E-state index in [-0.39, 0.29) is 11.6 Å². The monoisotopic (exact) mass is 380 g/mol. The summed E-state index contributed by atoms with van der Waals surface area (Å²) in [5, 5.41) is 3.36. The fourth-order valence-electron chi connectivity index (χ4n) is 2.83. The van der Waals surface area contributed by atoms with Crippen LogP contribution in [0.5, 0.6) is 11.5 Å². The van der Waals surface area contributed by atoms with Gasteiger partial charge in [-0.1, -0.05) is 6.07 Å². The number of nitrogens with one attached hydrogen (secondary N) is 2. The summed E-state index contributed by atoms with van der Waals surface area (Å²) in [5.41, 5.74) is 3.00. The molecule has 2 aromatic heterocycles. The van der Waals surface area contributed by atoms with Crippen LogP contribution in [-0.2, 0) is 0 Å². The minimum atomic E-state index is -0.133. The van der Waals surface area contributed by atoms with Crippen molar-refractivity contribution in [2.24, 2.45) is 0 Å². The van der Waals surface area contributed by atoms with Crippen molar-refractivity contribution in [2.75, 3.05) is 19.5 Å². The van der Waals surface area contributed by atoms with Gasteiger partial charge in [0, 0.05) is 23.0 Å². The first-order valence-electron chi connectivity index (χ1n) is 8.95. The molecule has 7 nitrogen and oxygen atoms in total. The van der Waals surface area contributed by atoms with Crippen LogP contribution in [0.3, 0.4) is 0 Å². The standard InChI is InChI=1S/C21H24N4O3/c1-12-13(2)24-20(25-21(12)26)16-7-9-19(22-11-16)23-14(3)15-6-8-17(27-4)18(10-15)28-5/h6-11,14H,1-5H3,(H,22,23)(H,24,25,26). The summed E-state index contributed by atoms with van der Waals surface area (Å²) >= 11 is 0. The van der Waals surface area contributed by atoms with Crippen LogP contribution in [0.2, 0.25) is 0 Å². The maximum Gasteiger partial charge on any atom is 0.254 e. The highest BCUT2D eigenvalue weighted by Crippen LogP contribution is 2.31. The molecule has 0 fully saturated rings. The molecule has 2 N–H and O–H groups in total. The Labute approximate surface area is 163 Å². The third kappa shape index (κ3) is 3.98. The van der Waals surface area contributed by atoms with Gasteiger partial charge in [-0.3, -0.25) is 4.79 Å². The molecule has 3 aromatic rings. The number of nitrogens with zero attached hydrogens (tertiary/aromatic N) is 2. The quantitative estimate of drug-likeness (QED) is 0.679. The highest BCUT2D eigenvalue weighted by atomic mass is 16.5. The van der Waals surface area contributed by atoms with Gasteiger partial charge in [0.25, 0.3) is 5.56 Å². The van der Waals surface area contributed by atoms with Crippen molar-refractivity contribution in [3.8, 4) is 22.9 Å². The number of aromatic amines is 1. The number of hydrogen-bond acceptors (Lipinski definition) is 6. The molecule has 28 heavy (non-hydrogen) atoms. The molecule has 146 valence electrons. The zero-order valence-corrected chi connectivity index (χ0v) is 16.7. The lowest BCUT2D eigenvalue weighted by Crippen LogP contribution is -2.14. The van der Waals surface area contributed by atoms with E-state index in [1.54, 1.807) is 27.3 Å². The number of ether oxygens (including phenoxy) is 2. The molecular formula is C21H24N4O3. The maximum absolute atomic E-state index is 12.0. The SMILES string of the molecule is COc1ccc(C(C)Nc2ccc(-c3nc(C)c(C)c(=O)[nH]3)cn2)cc1OC. The molecule has 0 aliphatic rings. The zero-order valence-electron chi connectivity index (χ0n) is 16.7. The number of H-pyrrole nitrogens is 1. The molecule has 0 bridgehead atoms. The molecule has 0 aliphatic heterocycles. The molecule has 0 aliphatic carbocycles. The van der Waals surface area contributed by atoms with Crippen molar-refractivity contribution >= 4 is 5.82 Å². The molecule has 7 heteroatoms. The Morgan fingerprint density at radius 2 is 1.82 bits per heavy atom. The zero-order chi connectivity index (χ0) is 20.3. The molecule has 3 rings (SSSR count). The van der Waals surface area contributed by atoms with E-state index in [2.05, 4.69) is 20.3 Å². The summed E-state index contributed by atoms with van der Waals surface area (Å²) < 4.78 is 10.6. The van der Waals surface area contributed by atoms with Gasteiger partial charge >= 0.3 is 0 Å². The van der Waals surface area contributed by atoms with Gasteiger partial charge in [-0.15, -0.1) is 0 Å². The van der Waals surface area contributed by atoms with Crippen LogP contribution < -0.4 is 20.3 Å². The smallest absolute Gasteiger partial charge is 0.254 e. The molecule has 0 spiro atoms. The molecule has 1 aromatic carbocycles. The fraction of sp³-hybridized carbons (Fsp3) is 0.286. The van der Waals surface area contributed by atoms with Gasteiger partial charge in [0.2, 0.25) is 0 Å². The number of pyridine rings is 1. The number of anilines is 1. The molecule has 1 unspecified atom stereocenters. The Kier molecular flexibility index (Phi) is 5.63. The number of aromatic nitrogens is 3. The molecule has 2 heterocycles. The van der Waals surface area contributed by atoms with E-state index in [1.807, 2.05) is 44.2 Å². The van der Waals surface area contributed by atoms with Crippen molar-refractivity contribution in [1.29, 1.82) is 0 Å². The van der Waals surface area contributed by atoms with E-state index in [1.165, 1.54) is 0 Å². The largest absolute Gasteiger partial charge is 0.493 e. The summed E-state index contributed by atoms with van der Waals surface area (Å²) in [6, 6.07) is 9.56. The minimum Gasteiger partial charge on any atom is -0.493 e. The average molecular weight is 380 g/mol. The van der Waals surface area contributed by atoms with Gasteiger partial charge in [-0.25, -0.2) is 9.97 Å². The first-order chi connectivity index (χ1) is 13.4. The molecule has 0 saturated carbocycles. The Balaban J connectivity index is 1.78. The predicted octanol–water partition coefficient (Wildman–Crippen LogP) is 3.64. The van der Waals surface area contributed by atoms with Gasteiger partial charge in [0.15, 0.2) is 11.5 Å². The Morgan fingerprint density at radius 3 is 2.43 bits per heavy atom. The number of methoxy groups -OCH3 is 2. The van der Waals surface area contributed by atoms with Crippen LogP contribution in [0.4, 0.5) is 5.82 Å². The van der Waals surface area contributed by atoms with Crippen LogP contribution in [0.1, 0.15) is 29.8 Å². The van der Waals surface area contributed by atoms with E-state index < -0.39 is 0 Å². The summed E-state index contributed by atoms with van der Waals surface area (Å²) in [7, 11) is 3.23. The number of aryl methyl sites for hydroxylation is 1. The van der Waals surface area contributed by atoms with Gasteiger partial charge in [0.05, 0.1) is 20.3 Å². The molecular weight excluding hydrogens is 356 g/mol. The predicted molar refractivity (Wildman–Crippen MR) is 109 cm³/mol. The van der Waals surface area contributed by atoms with Crippen molar-refractivity contribution in [1.82, 2.24) is 15.0 Å². The van der Waals surface area contributed by atoms with Crippen LogP contribution >= 0.6 is 0 Å². The van der Waals surface area contributed by atoms with Crippen molar-refractivity contribution in [3.05, 3.63) is 63.7 Å². The molecule has 0 radical (unpaired) electrons. The number of rotatable bonds is 6. The molecule has 0 saturated heterocycles. The van der Waals surface area contributed by atoms with E-state index in [4.69, 9.17) is 9.47 Å². The lowest BCUT2D eigenvalue weighted by molar-refractivity contribution is 0.354. The van der Waals surface area contributed by atoms with Gasteiger partial charge in [0.1, 0.15) is 11.6 Å². The second-order valence-corrected chi connectivity index (χ2v) is 6.54. The third-order valence-electron chi connectivity index (χ3n) is 4.70. The normalized spacial score (nSPS) is 11.8. The average Bonchev–Trinajstić information content (AvgIpc) is 2.71. The topological polar surface area (TPSA) is 89.1 Å². The fourth-order valence-corrected chi connectivity index (χ4v) is 2.83. The van der Waals surface area contributed by atoms with E-state index in [0.29, 0.717) is 28.6 Å². The van der Waals surface area contributed by atoms with E-state index >= 15 is 0 Å². The molecule has 0 amide bonds. The van der Waals surface area contributed by atoms with Gasteiger partial charge in [-0.05, 0) is 50.6 Å². The summed E-state index contributed by atoms with van der Waals surface area (Å²) in [4.78, 5) is 23.6. The van der Waals surface area contributed by atoms with Gasteiger partial charge < -0.3 is 19.8 Å².